The van der Waals surface area contributed by atoms with Gasteiger partial charge < -0.3 is 25.8 Å². The molecule has 1 aliphatic heterocycles. The van der Waals surface area contributed by atoms with Crippen LogP contribution in [0.3, 0.4) is 0 Å². The fourth-order valence-corrected chi connectivity index (χ4v) is 6.43. The highest BCUT2D eigenvalue weighted by atomic mass is 35.5. The van der Waals surface area contributed by atoms with E-state index >= 15 is 0 Å². The number of nitrogens with one attached hydrogen (secondary N) is 2. The summed E-state index contributed by atoms with van der Waals surface area (Å²) in [6.07, 6.45) is -0.662. The van der Waals surface area contributed by atoms with E-state index in [1.165, 1.54) is 13.2 Å². The van der Waals surface area contributed by atoms with Crippen molar-refractivity contribution in [2.45, 2.75) is 55.5 Å². The largest absolute Gasteiger partial charge is 0.453 e. The zero-order valence-corrected chi connectivity index (χ0v) is 23.5. The molecule has 3 rings (SSSR count). The first kappa shape index (κ1) is 31.0. The van der Waals surface area contributed by atoms with Crippen LogP contribution in [0, 0.1) is 5.41 Å². The lowest BCUT2D eigenvalue weighted by Gasteiger charge is -2.37. The molecule has 0 saturated carbocycles. The third-order valence-corrected chi connectivity index (χ3v) is 8.94. The number of hydrogen-bond acceptors (Lipinski definition) is 8. The summed E-state index contributed by atoms with van der Waals surface area (Å²) in [7, 11) is -2.42. The Morgan fingerprint density at radius 2 is 1.97 bits per heavy atom. The number of nitrogens with zero attached hydrogens (tertiary/aromatic N) is 1. The molecule has 13 heteroatoms. The second-order valence-electron chi connectivity index (χ2n) is 9.73. The molecule has 0 bridgehead atoms. The molecular formula is C24H35ClN4O6S2. The molecule has 206 valence electrons. The fraction of sp³-hybridized carbons (Fsp3) is 0.500. The highest BCUT2D eigenvalue weighted by molar-refractivity contribution is 7.91. The molecule has 5 N–H and O–H groups in total. The topological polar surface area (TPSA) is 151 Å². The summed E-state index contributed by atoms with van der Waals surface area (Å²) < 4.78 is 31.9. The van der Waals surface area contributed by atoms with Crippen molar-refractivity contribution in [2.75, 3.05) is 25.1 Å². The van der Waals surface area contributed by atoms with Crippen molar-refractivity contribution in [3.8, 4) is 0 Å². The first-order valence-electron chi connectivity index (χ1n) is 11.6. The van der Waals surface area contributed by atoms with Crippen molar-refractivity contribution in [1.82, 2.24) is 10.0 Å². The number of amides is 2. The van der Waals surface area contributed by atoms with E-state index < -0.39 is 33.7 Å². The molecule has 0 radical (unpaired) electrons. The van der Waals surface area contributed by atoms with Crippen LogP contribution in [0.15, 0.2) is 46.0 Å². The van der Waals surface area contributed by atoms with E-state index in [9.17, 15) is 23.1 Å². The van der Waals surface area contributed by atoms with Gasteiger partial charge >= 0.3 is 6.09 Å². The number of methoxy groups -OCH3 is 1. The van der Waals surface area contributed by atoms with Crippen LogP contribution < -0.4 is 20.7 Å². The second-order valence-corrected chi connectivity index (χ2v) is 12.7. The molecule has 0 fully saturated rings. The monoisotopic (exact) mass is 574 g/mol. The number of rotatable bonds is 10. The molecule has 0 saturated heterocycles. The number of anilines is 1. The number of carbonyl (C=O) groups is 2. The molecule has 2 amide bonds. The first-order chi connectivity index (χ1) is 16.9. The number of fused-ring (bicyclic) bond motifs is 1. The van der Waals surface area contributed by atoms with E-state index in [1.807, 2.05) is 38.1 Å². The van der Waals surface area contributed by atoms with Gasteiger partial charge in [-0.2, -0.15) is 0 Å². The van der Waals surface area contributed by atoms with Crippen LogP contribution in [-0.4, -0.2) is 63.9 Å². The highest BCUT2D eigenvalue weighted by Gasteiger charge is 2.34. The number of para-hydroxylation sites is 1. The number of ether oxygens (including phenoxy) is 1. The van der Waals surface area contributed by atoms with Crippen molar-refractivity contribution in [2.24, 2.45) is 11.1 Å². The maximum absolute atomic E-state index is 13.4. The lowest BCUT2D eigenvalue weighted by Crippen LogP contribution is -2.51. The maximum atomic E-state index is 13.4. The summed E-state index contributed by atoms with van der Waals surface area (Å²) >= 11 is 1.08. The number of sulfonamides is 1. The van der Waals surface area contributed by atoms with Crippen LogP contribution >= 0.6 is 23.7 Å². The van der Waals surface area contributed by atoms with E-state index in [1.54, 1.807) is 16.3 Å². The highest BCUT2D eigenvalue weighted by Crippen LogP contribution is 2.32. The van der Waals surface area contributed by atoms with Gasteiger partial charge in [-0.05, 0) is 41.3 Å². The van der Waals surface area contributed by atoms with Crippen LogP contribution in [0.1, 0.15) is 32.3 Å². The van der Waals surface area contributed by atoms with Crippen LogP contribution in [0.25, 0.3) is 0 Å². The molecule has 1 unspecified atom stereocenters. The molecule has 0 aliphatic carbocycles. The molecule has 2 heterocycles. The summed E-state index contributed by atoms with van der Waals surface area (Å²) in [5, 5.41) is 14.9. The SMILES string of the molecule is COC(=O)NC1Cc2ccccc2N(C(=O)CC(C)(C)C[C@H](N)[C@@H](O)CNS(=O)(=O)c2cccs2)C1.Cl. The minimum Gasteiger partial charge on any atom is -0.453 e. The molecular weight excluding hydrogens is 540 g/mol. The zero-order chi connectivity index (χ0) is 26.5. The van der Waals surface area contributed by atoms with Gasteiger partial charge in [0.25, 0.3) is 0 Å². The smallest absolute Gasteiger partial charge is 0.407 e. The predicted molar refractivity (Wildman–Crippen MR) is 146 cm³/mol. The predicted octanol–water partition coefficient (Wildman–Crippen LogP) is 2.26. The number of carbonyl (C=O) groups excluding carboxylic acids is 2. The Kier molecular flexibility index (Phi) is 10.9. The van der Waals surface area contributed by atoms with Gasteiger partial charge in [0.2, 0.25) is 15.9 Å². The Morgan fingerprint density at radius 1 is 1.27 bits per heavy atom. The third kappa shape index (κ3) is 8.39. The van der Waals surface area contributed by atoms with E-state index in [0.29, 0.717) is 19.4 Å². The van der Waals surface area contributed by atoms with Crippen LogP contribution in [-0.2, 0) is 26.0 Å². The quantitative estimate of drug-likeness (QED) is 0.340. The molecule has 10 nitrogen and oxygen atoms in total. The van der Waals surface area contributed by atoms with E-state index in [2.05, 4.69) is 10.0 Å². The number of halogens is 1. The number of alkyl carbamates (subject to hydrolysis) is 1. The standard InChI is InChI=1S/C24H34N4O6S2.ClH/c1-24(2,12-18(25)20(29)14-26-36(32,33)22-9-6-10-35-22)13-21(30)28-15-17(27-23(31)34-3)11-16-7-4-5-8-19(16)28;/h4-10,17-18,20,26,29H,11-15,25H2,1-3H3,(H,27,31);1H/t17?,18-,20-;/m0./s1. The number of thiophene rings is 1. The Morgan fingerprint density at radius 3 is 2.62 bits per heavy atom. The number of hydrogen-bond donors (Lipinski definition) is 4. The summed E-state index contributed by atoms with van der Waals surface area (Å²) in [5.74, 6) is -0.135. The molecule has 0 spiro atoms. The minimum absolute atomic E-state index is 0. The van der Waals surface area contributed by atoms with Crippen molar-refractivity contribution in [1.29, 1.82) is 0 Å². The van der Waals surface area contributed by atoms with Gasteiger partial charge in [0.1, 0.15) is 4.21 Å². The summed E-state index contributed by atoms with van der Waals surface area (Å²) in [4.78, 5) is 26.8. The number of aliphatic hydroxyl groups is 1. The minimum atomic E-state index is -3.71. The molecule has 1 aromatic heterocycles. The van der Waals surface area contributed by atoms with Gasteiger partial charge in [-0.15, -0.1) is 23.7 Å². The average molecular weight is 575 g/mol. The zero-order valence-electron chi connectivity index (χ0n) is 21.0. The van der Waals surface area contributed by atoms with Crippen LogP contribution in [0.2, 0.25) is 0 Å². The van der Waals surface area contributed by atoms with Crippen molar-refractivity contribution < 1.29 is 27.9 Å². The second kappa shape index (κ2) is 13.0. The molecule has 2 aromatic rings. The number of nitrogens with two attached hydrogens (primary N) is 1. The average Bonchev–Trinajstić information content (AvgIpc) is 3.37. The van der Waals surface area contributed by atoms with Crippen LogP contribution in [0.5, 0.6) is 0 Å². The number of benzene rings is 1. The van der Waals surface area contributed by atoms with Gasteiger partial charge in [-0.3, -0.25) is 4.79 Å². The van der Waals surface area contributed by atoms with E-state index in [4.69, 9.17) is 10.5 Å². The van der Waals surface area contributed by atoms with Gasteiger partial charge in [0, 0.05) is 31.2 Å². The Hall–Kier alpha value is -2.22. The molecule has 37 heavy (non-hydrogen) atoms. The van der Waals surface area contributed by atoms with Crippen molar-refractivity contribution in [3.63, 3.8) is 0 Å². The third-order valence-electron chi connectivity index (χ3n) is 6.11. The lowest BCUT2D eigenvalue weighted by atomic mass is 9.80. The van der Waals surface area contributed by atoms with Gasteiger partial charge in [-0.25, -0.2) is 17.9 Å². The van der Waals surface area contributed by atoms with Crippen molar-refractivity contribution >= 4 is 51.5 Å². The molecule has 1 aliphatic rings. The Labute approximate surface area is 228 Å². The molecule has 3 atom stereocenters. The maximum Gasteiger partial charge on any atom is 0.407 e. The first-order valence-corrected chi connectivity index (χ1v) is 14.0. The van der Waals surface area contributed by atoms with E-state index in [-0.39, 0.29) is 41.5 Å². The van der Waals surface area contributed by atoms with Crippen molar-refractivity contribution in [3.05, 3.63) is 47.3 Å². The summed E-state index contributed by atoms with van der Waals surface area (Å²) in [6.45, 7) is 3.84. The Balaban J connectivity index is 0.00000481. The fourth-order valence-electron chi connectivity index (χ4n) is 4.34. The normalized spacial score (nSPS) is 17.2. The number of aliphatic hydroxyl groups excluding tert-OH is 1. The van der Waals surface area contributed by atoms with Gasteiger partial charge in [0.05, 0.1) is 19.3 Å². The summed E-state index contributed by atoms with van der Waals surface area (Å²) in [5.41, 5.74) is 7.37. The lowest BCUT2D eigenvalue weighted by molar-refractivity contribution is -0.120. The Bertz CT molecular complexity index is 1160. The van der Waals surface area contributed by atoms with Crippen LogP contribution in [0.4, 0.5) is 10.5 Å². The van der Waals surface area contributed by atoms with Gasteiger partial charge in [-0.1, -0.05) is 38.1 Å². The van der Waals surface area contributed by atoms with E-state index in [0.717, 1.165) is 22.6 Å². The van der Waals surface area contributed by atoms with Gasteiger partial charge in [0.15, 0.2) is 0 Å². The summed E-state index contributed by atoms with van der Waals surface area (Å²) in [6, 6.07) is 9.63. The molecule has 1 aromatic carbocycles.